The Kier molecular flexibility index (Phi) is 5.92. The number of hydrogen-bond donors (Lipinski definition) is 0. The summed E-state index contributed by atoms with van der Waals surface area (Å²) in [6.07, 6.45) is 2.64. The first kappa shape index (κ1) is 12.9. The standard InChI is InChI=1S/C6H10N2O2.C4H10/c1-7-3-6(10)8(2)4-5(7)9;1-3-4-2/h3-4H2,1-2H3;3-4H2,1-2H3. The minimum Gasteiger partial charge on any atom is -0.335 e. The van der Waals surface area contributed by atoms with Crippen LogP contribution in [0.2, 0.25) is 0 Å². The maximum absolute atomic E-state index is 10.9. The fraction of sp³-hybridized carbons (Fsp3) is 0.800. The Hall–Kier alpha value is -1.06. The molecule has 4 nitrogen and oxygen atoms in total. The third-order valence-corrected chi connectivity index (χ3v) is 2.10. The van der Waals surface area contributed by atoms with Crippen LogP contribution in [0.25, 0.3) is 0 Å². The highest BCUT2D eigenvalue weighted by molar-refractivity contribution is 5.92. The molecule has 0 atom stereocenters. The van der Waals surface area contributed by atoms with Gasteiger partial charge >= 0.3 is 0 Å². The maximum Gasteiger partial charge on any atom is 0.242 e. The van der Waals surface area contributed by atoms with Crippen LogP contribution in [0, 0.1) is 0 Å². The van der Waals surface area contributed by atoms with Crippen LogP contribution in [0.3, 0.4) is 0 Å². The molecule has 1 saturated heterocycles. The number of amides is 2. The predicted molar refractivity (Wildman–Crippen MR) is 55.9 cm³/mol. The molecule has 0 aromatic rings. The summed E-state index contributed by atoms with van der Waals surface area (Å²) in [6.45, 7) is 4.80. The average Bonchev–Trinajstić information content (AvgIpc) is 2.15. The van der Waals surface area contributed by atoms with E-state index in [4.69, 9.17) is 0 Å². The highest BCUT2D eigenvalue weighted by Crippen LogP contribution is 1.98. The highest BCUT2D eigenvalue weighted by Gasteiger charge is 2.23. The number of hydrogen-bond acceptors (Lipinski definition) is 2. The second kappa shape index (κ2) is 6.40. The van der Waals surface area contributed by atoms with Gasteiger partial charge in [0.25, 0.3) is 0 Å². The van der Waals surface area contributed by atoms with Crippen molar-refractivity contribution in [2.45, 2.75) is 26.7 Å². The van der Waals surface area contributed by atoms with E-state index in [1.165, 1.54) is 22.6 Å². The number of unbranched alkanes of at least 4 members (excludes halogenated alkanes) is 1. The van der Waals surface area contributed by atoms with E-state index in [9.17, 15) is 9.59 Å². The molecule has 0 bridgehead atoms. The molecule has 4 heteroatoms. The van der Waals surface area contributed by atoms with E-state index in [2.05, 4.69) is 13.8 Å². The topological polar surface area (TPSA) is 40.6 Å². The Morgan fingerprint density at radius 3 is 1.43 bits per heavy atom. The summed E-state index contributed by atoms with van der Waals surface area (Å²) in [5.74, 6) is 0.00389. The maximum atomic E-state index is 10.9. The normalized spacial score (nSPS) is 16.6. The van der Waals surface area contributed by atoms with Crippen LogP contribution in [0.4, 0.5) is 0 Å². The molecule has 0 spiro atoms. The molecule has 0 unspecified atom stereocenters. The fourth-order valence-corrected chi connectivity index (χ4v) is 0.824. The Morgan fingerprint density at radius 2 is 1.21 bits per heavy atom. The van der Waals surface area contributed by atoms with E-state index in [-0.39, 0.29) is 24.9 Å². The summed E-state index contributed by atoms with van der Waals surface area (Å²) in [5, 5.41) is 0. The Balaban J connectivity index is 0.000000364. The monoisotopic (exact) mass is 200 g/mol. The van der Waals surface area contributed by atoms with Gasteiger partial charge in [-0.25, -0.2) is 0 Å². The summed E-state index contributed by atoms with van der Waals surface area (Å²) in [4.78, 5) is 24.6. The summed E-state index contributed by atoms with van der Waals surface area (Å²) in [7, 11) is 3.26. The lowest BCUT2D eigenvalue weighted by atomic mass is 10.3. The van der Waals surface area contributed by atoms with Crippen molar-refractivity contribution >= 4 is 11.8 Å². The molecule has 82 valence electrons. The van der Waals surface area contributed by atoms with Crippen LogP contribution in [0.5, 0.6) is 0 Å². The molecule has 1 aliphatic rings. The van der Waals surface area contributed by atoms with Crippen molar-refractivity contribution in [3.63, 3.8) is 0 Å². The SMILES string of the molecule is CCCC.CN1CC(=O)N(C)CC1=O. The number of piperazine rings is 1. The number of carbonyl (C=O) groups is 2. The van der Waals surface area contributed by atoms with Gasteiger partial charge < -0.3 is 9.80 Å². The van der Waals surface area contributed by atoms with E-state index < -0.39 is 0 Å². The molecule has 14 heavy (non-hydrogen) atoms. The molecule has 1 rings (SSSR count). The third-order valence-electron chi connectivity index (χ3n) is 2.10. The van der Waals surface area contributed by atoms with Crippen molar-refractivity contribution in [2.24, 2.45) is 0 Å². The van der Waals surface area contributed by atoms with E-state index >= 15 is 0 Å². The number of likely N-dealkylation sites (N-methyl/N-ethyl adjacent to an activating group) is 2. The lowest BCUT2D eigenvalue weighted by Gasteiger charge is -2.28. The van der Waals surface area contributed by atoms with Crippen LogP contribution in [-0.4, -0.2) is 48.8 Å². The Labute approximate surface area is 85.9 Å². The molecule has 2 amide bonds. The molecule has 0 N–H and O–H groups in total. The molecule has 0 aromatic heterocycles. The minimum atomic E-state index is 0.00194. The van der Waals surface area contributed by atoms with Crippen LogP contribution < -0.4 is 0 Å². The second-order valence-corrected chi connectivity index (χ2v) is 3.50. The highest BCUT2D eigenvalue weighted by atomic mass is 16.2. The first-order valence-corrected chi connectivity index (χ1v) is 5.00. The van der Waals surface area contributed by atoms with Gasteiger partial charge in [-0.2, -0.15) is 0 Å². The van der Waals surface area contributed by atoms with Gasteiger partial charge in [0.2, 0.25) is 11.8 Å². The molecule has 0 radical (unpaired) electrons. The van der Waals surface area contributed by atoms with Crippen molar-refractivity contribution in [1.29, 1.82) is 0 Å². The molecule has 0 saturated carbocycles. The predicted octanol–water partition coefficient (Wildman–Crippen LogP) is 0.723. The quantitative estimate of drug-likeness (QED) is 0.626. The molecule has 1 heterocycles. The van der Waals surface area contributed by atoms with Crippen molar-refractivity contribution in [1.82, 2.24) is 9.80 Å². The first-order valence-electron chi connectivity index (χ1n) is 5.00. The lowest BCUT2D eigenvalue weighted by Crippen LogP contribution is -2.50. The fourth-order valence-electron chi connectivity index (χ4n) is 0.824. The number of rotatable bonds is 1. The summed E-state index contributed by atoms with van der Waals surface area (Å²) in [6, 6.07) is 0. The first-order chi connectivity index (χ1) is 6.52. The van der Waals surface area contributed by atoms with Crippen molar-refractivity contribution < 1.29 is 9.59 Å². The van der Waals surface area contributed by atoms with Crippen molar-refractivity contribution in [3.05, 3.63) is 0 Å². The Morgan fingerprint density at radius 1 is 0.929 bits per heavy atom. The molecule has 0 aliphatic carbocycles. The van der Waals surface area contributed by atoms with Crippen molar-refractivity contribution in [2.75, 3.05) is 27.2 Å². The van der Waals surface area contributed by atoms with Crippen LogP contribution in [0.15, 0.2) is 0 Å². The third kappa shape index (κ3) is 4.25. The lowest BCUT2D eigenvalue weighted by molar-refractivity contribution is -0.147. The van der Waals surface area contributed by atoms with Gasteiger partial charge in [-0.3, -0.25) is 9.59 Å². The van der Waals surface area contributed by atoms with Crippen molar-refractivity contribution in [3.8, 4) is 0 Å². The minimum absolute atomic E-state index is 0.00194. The number of nitrogens with zero attached hydrogens (tertiary/aromatic N) is 2. The molecule has 0 aromatic carbocycles. The van der Waals surface area contributed by atoms with E-state index in [1.807, 2.05) is 0 Å². The number of carbonyl (C=O) groups excluding carboxylic acids is 2. The van der Waals surface area contributed by atoms with Gasteiger partial charge in [-0.05, 0) is 0 Å². The molecular formula is C10H20N2O2. The summed E-state index contributed by atoms with van der Waals surface area (Å²) < 4.78 is 0. The summed E-state index contributed by atoms with van der Waals surface area (Å²) in [5.41, 5.74) is 0. The van der Waals surface area contributed by atoms with Gasteiger partial charge in [-0.15, -0.1) is 0 Å². The smallest absolute Gasteiger partial charge is 0.242 e. The largest absolute Gasteiger partial charge is 0.335 e. The van der Waals surface area contributed by atoms with Crippen LogP contribution in [-0.2, 0) is 9.59 Å². The van der Waals surface area contributed by atoms with E-state index in [0.717, 1.165) is 0 Å². The molecular weight excluding hydrogens is 180 g/mol. The van der Waals surface area contributed by atoms with E-state index in [0.29, 0.717) is 0 Å². The zero-order chi connectivity index (χ0) is 11.1. The van der Waals surface area contributed by atoms with Crippen LogP contribution >= 0.6 is 0 Å². The van der Waals surface area contributed by atoms with Gasteiger partial charge in [0.15, 0.2) is 0 Å². The average molecular weight is 200 g/mol. The van der Waals surface area contributed by atoms with E-state index in [1.54, 1.807) is 14.1 Å². The molecule has 1 aliphatic heterocycles. The molecule has 1 fully saturated rings. The zero-order valence-electron chi connectivity index (χ0n) is 9.54. The van der Waals surface area contributed by atoms with Crippen LogP contribution in [0.1, 0.15) is 26.7 Å². The van der Waals surface area contributed by atoms with Gasteiger partial charge in [-0.1, -0.05) is 26.7 Å². The summed E-state index contributed by atoms with van der Waals surface area (Å²) >= 11 is 0. The zero-order valence-corrected chi connectivity index (χ0v) is 9.54. The van der Waals surface area contributed by atoms with Gasteiger partial charge in [0, 0.05) is 14.1 Å². The van der Waals surface area contributed by atoms with Gasteiger partial charge in [0.05, 0.1) is 13.1 Å². The van der Waals surface area contributed by atoms with Gasteiger partial charge in [0.1, 0.15) is 0 Å². The second-order valence-electron chi connectivity index (χ2n) is 3.50. The Bertz CT molecular complexity index is 182.